The number of rotatable bonds is 6. The number of primary amides is 1. The molecule has 0 aliphatic rings. The Balaban J connectivity index is 1.49. The van der Waals surface area contributed by atoms with Crippen LogP contribution in [0.4, 0.5) is 4.79 Å². The van der Waals surface area contributed by atoms with E-state index in [-0.39, 0.29) is 0 Å². The second-order valence-corrected chi connectivity index (χ2v) is 8.05. The van der Waals surface area contributed by atoms with Gasteiger partial charge in [0.25, 0.3) is 0 Å². The zero-order valence-electron chi connectivity index (χ0n) is 19.8. The Morgan fingerprint density at radius 2 is 1.25 bits per heavy atom. The molecule has 0 spiro atoms. The summed E-state index contributed by atoms with van der Waals surface area (Å²) in [7, 11) is 3.25. The Kier molecular flexibility index (Phi) is 6.19. The lowest BCUT2D eigenvalue weighted by molar-refractivity contribution is 0.211. The molecule has 178 valence electrons. The van der Waals surface area contributed by atoms with E-state index in [4.69, 9.17) is 19.9 Å². The molecule has 0 fully saturated rings. The maximum absolute atomic E-state index is 10.9. The predicted octanol–water partition coefficient (Wildman–Crippen LogP) is 6.11. The number of amides is 1. The van der Waals surface area contributed by atoms with Crippen molar-refractivity contribution in [2.45, 2.75) is 0 Å². The van der Waals surface area contributed by atoms with Gasteiger partial charge >= 0.3 is 6.09 Å². The minimum absolute atomic E-state index is 0.403. The number of aromatic nitrogens is 2. The third-order valence-electron chi connectivity index (χ3n) is 5.92. The highest BCUT2D eigenvalue weighted by Gasteiger charge is 2.11. The topological polar surface area (TPSA) is 96.6 Å². The molecule has 1 heterocycles. The number of methoxy groups -OCH3 is 2. The van der Waals surface area contributed by atoms with Gasteiger partial charge in [-0.05, 0) is 58.7 Å². The summed E-state index contributed by atoms with van der Waals surface area (Å²) in [6.45, 7) is 0. The van der Waals surface area contributed by atoms with Crippen LogP contribution in [0, 0.1) is 0 Å². The molecule has 0 saturated heterocycles. The van der Waals surface area contributed by atoms with Crippen molar-refractivity contribution in [3.63, 3.8) is 0 Å². The molecule has 0 radical (unpaired) electrons. The normalized spacial score (nSPS) is 10.7. The van der Waals surface area contributed by atoms with Crippen molar-refractivity contribution in [1.82, 2.24) is 9.97 Å². The molecule has 2 N–H and O–H groups in total. The van der Waals surface area contributed by atoms with E-state index in [1.54, 1.807) is 32.7 Å². The van der Waals surface area contributed by atoms with Gasteiger partial charge in [0.2, 0.25) is 0 Å². The van der Waals surface area contributed by atoms with Gasteiger partial charge in [-0.1, -0.05) is 48.5 Å². The van der Waals surface area contributed by atoms with Crippen LogP contribution in [0.5, 0.6) is 17.2 Å². The molecule has 0 atom stereocenters. The molecular weight excluding hydrogens is 454 g/mol. The summed E-state index contributed by atoms with van der Waals surface area (Å²) in [4.78, 5) is 20.0. The Morgan fingerprint density at radius 1 is 0.667 bits per heavy atom. The first-order valence-electron chi connectivity index (χ1n) is 11.2. The smallest absolute Gasteiger partial charge is 0.409 e. The van der Waals surface area contributed by atoms with Crippen molar-refractivity contribution in [2.24, 2.45) is 5.73 Å². The van der Waals surface area contributed by atoms with E-state index < -0.39 is 6.09 Å². The van der Waals surface area contributed by atoms with E-state index >= 15 is 0 Å². The number of fused-ring (bicyclic) bond motifs is 1. The molecule has 7 heteroatoms. The fraction of sp³-hybridized carbons (Fsp3) is 0.0690. The summed E-state index contributed by atoms with van der Waals surface area (Å²) in [5.41, 5.74) is 11.8. The number of hydrogen-bond donors (Lipinski definition) is 1. The van der Waals surface area contributed by atoms with Crippen molar-refractivity contribution >= 4 is 17.0 Å². The monoisotopic (exact) mass is 477 g/mol. The molecule has 0 unspecified atom stereocenters. The Labute approximate surface area is 208 Å². The van der Waals surface area contributed by atoms with Gasteiger partial charge in [-0.2, -0.15) is 0 Å². The number of hydrogen-bond acceptors (Lipinski definition) is 6. The maximum Gasteiger partial charge on any atom is 0.409 e. The van der Waals surface area contributed by atoms with E-state index in [9.17, 15) is 4.79 Å². The molecule has 1 amide bonds. The fourth-order valence-corrected chi connectivity index (χ4v) is 4.13. The van der Waals surface area contributed by atoms with Crippen LogP contribution in [0.2, 0.25) is 0 Å². The summed E-state index contributed by atoms with van der Waals surface area (Å²) in [5, 5.41) is 0.950. The van der Waals surface area contributed by atoms with Crippen LogP contribution in [0.1, 0.15) is 0 Å². The molecular formula is C29H23N3O4. The van der Waals surface area contributed by atoms with Crippen LogP contribution in [0.3, 0.4) is 0 Å². The van der Waals surface area contributed by atoms with Crippen LogP contribution in [-0.2, 0) is 0 Å². The van der Waals surface area contributed by atoms with Gasteiger partial charge < -0.3 is 19.9 Å². The summed E-state index contributed by atoms with van der Waals surface area (Å²) in [6.07, 6.45) is 0.748. The average Bonchev–Trinajstić information content (AvgIpc) is 2.92. The summed E-state index contributed by atoms with van der Waals surface area (Å²) in [5.74, 6) is 1.76. The average molecular weight is 478 g/mol. The van der Waals surface area contributed by atoms with Crippen molar-refractivity contribution in [1.29, 1.82) is 0 Å². The third kappa shape index (κ3) is 4.54. The molecule has 4 aromatic carbocycles. The lowest BCUT2D eigenvalue weighted by Crippen LogP contribution is -2.16. The van der Waals surface area contributed by atoms with Crippen LogP contribution in [0.15, 0.2) is 91.3 Å². The van der Waals surface area contributed by atoms with Gasteiger partial charge in [-0.15, -0.1) is 0 Å². The second-order valence-electron chi connectivity index (χ2n) is 8.05. The Morgan fingerprint density at radius 3 is 1.92 bits per heavy atom. The lowest BCUT2D eigenvalue weighted by Gasteiger charge is -2.11. The van der Waals surface area contributed by atoms with E-state index in [0.717, 1.165) is 44.4 Å². The van der Waals surface area contributed by atoms with Gasteiger partial charge in [0.15, 0.2) is 11.5 Å². The van der Waals surface area contributed by atoms with E-state index in [0.29, 0.717) is 17.2 Å². The maximum atomic E-state index is 10.9. The van der Waals surface area contributed by atoms with Gasteiger partial charge in [-0.3, -0.25) is 0 Å². The predicted molar refractivity (Wildman–Crippen MR) is 139 cm³/mol. The zero-order chi connectivity index (χ0) is 25.1. The van der Waals surface area contributed by atoms with Gasteiger partial charge in [-0.25, -0.2) is 14.8 Å². The minimum Gasteiger partial charge on any atom is -0.493 e. The molecule has 7 nitrogen and oxygen atoms in total. The first kappa shape index (κ1) is 22.9. The first-order valence-corrected chi connectivity index (χ1v) is 11.2. The minimum atomic E-state index is -0.835. The highest BCUT2D eigenvalue weighted by molar-refractivity contribution is 5.95. The fourth-order valence-electron chi connectivity index (χ4n) is 4.13. The molecule has 0 aliphatic heterocycles. The standard InChI is InChI=1S/C29H23N3O4/c1-34-26-14-10-22(16-27(26)35-2)21-9-13-25-24(15-21)28(32-17-31-25)20-5-3-18(4-6-20)19-7-11-23(12-8-19)36-29(30)33/h3-17H,1-2H3,(H2,30,33). The Hall–Kier alpha value is -4.91. The van der Waals surface area contributed by atoms with Crippen molar-refractivity contribution in [3.8, 4) is 50.8 Å². The van der Waals surface area contributed by atoms with Crippen LogP contribution < -0.4 is 19.9 Å². The number of nitrogens with two attached hydrogens (primary N) is 1. The highest BCUT2D eigenvalue weighted by Crippen LogP contribution is 2.35. The summed E-state index contributed by atoms with van der Waals surface area (Å²) < 4.78 is 15.7. The van der Waals surface area contributed by atoms with Crippen molar-refractivity contribution < 1.29 is 19.0 Å². The SMILES string of the molecule is COc1ccc(-c2ccc3ncnc(-c4ccc(-c5ccc(OC(N)=O)cc5)cc4)c3c2)cc1OC. The second kappa shape index (κ2) is 9.76. The summed E-state index contributed by atoms with van der Waals surface area (Å²) >= 11 is 0. The zero-order valence-corrected chi connectivity index (χ0v) is 19.8. The van der Waals surface area contributed by atoms with Crippen LogP contribution >= 0.6 is 0 Å². The molecule has 0 bridgehead atoms. The van der Waals surface area contributed by atoms with Gasteiger partial charge in [0, 0.05) is 10.9 Å². The molecule has 0 saturated carbocycles. The molecule has 1 aromatic heterocycles. The van der Waals surface area contributed by atoms with Crippen LogP contribution in [-0.4, -0.2) is 30.3 Å². The number of benzene rings is 4. The van der Waals surface area contributed by atoms with Crippen molar-refractivity contribution in [3.05, 3.63) is 91.3 Å². The van der Waals surface area contributed by atoms with E-state index in [1.807, 2.05) is 66.7 Å². The lowest BCUT2D eigenvalue weighted by atomic mass is 9.98. The van der Waals surface area contributed by atoms with E-state index in [2.05, 4.69) is 16.0 Å². The molecule has 36 heavy (non-hydrogen) atoms. The quantitative estimate of drug-likeness (QED) is 0.317. The highest BCUT2D eigenvalue weighted by atomic mass is 16.5. The Bertz CT molecular complexity index is 1550. The van der Waals surface area contributed by atoms with Gasteiger partial charge in [0.1, 0.15) is 12.1 Å². The van der Waals surface area contributed by atoms with E-state index in [1.165, 1.54) is 0 Å². The number of ether oxygens (including phenoxy) is 3. The van der Waals surface area contributed by atoms with Gasteiger partial charge in [0.05, 0.1) is 25.4 Å². The largest absolute Gasteiger partial charge is 0.493 e. The molecule has 5 aromatic rings. The first-order chi connectivity index (χ1) is 17.6. The van der Waals surface area contributed by atoms with Crippen LogP contribution in [0.25, 0.3) is 44.4 Å². The third-order valence-corrected chi connectivity index (χ3v) is 5.92. The number of carbonyl (C=O) groups excluding carboxylic acids is 1. The van der Waals surface area contributed by atoms with Crippen molar-refractivity contribution in [2.75, 3.05) is 14.2 Å². The summed E-state index contributed by atoms with van der Waals surface area (Å²) in [6, 6.07) is 27.3. The molecule has 0 aliphatic carbocycles. The number of carbonyl (C=O) groups is 1. The molecule has 5 rings (SSSR count). The number of nitrogens with zero attached hydrogens (tertiary/aromatic N) is 2.